The summed E-state index contributed by atoms with van der Waals surface area (Å²) in [4.78, 5) is 2.43. The molecule has 1 aliphatic carbocycles. The van der Waals surface area contributed by atoms with E-state index in [1.165, 1.54) is 76.4 Å². The third-order valence-corrected chi connectivity index (χ3v) is 11.7. The fraction of sp³-hybridized carbons (Fsp3) is 0.0588. The third kappa shape index (κ3) is 4.27. The Balaban J connectivity index is 1.20. The standard InChI is InChI=1S/C51H36N2/c1-51(2)43-21-11-9-19-42(43)49-44(51)31-28-34-25-24-33-26-27-35-32-38(29-30-39(35)47(33)48(34)49)52(36-14-5-3-6-15-36)46-23-13-20-41-40-18-10-12-22-45(40)53(50(41)46)37-16-7-4-8-17-37/h3-32H,1-2H3. The van der Waals surface area contributed by atoms with E-state index >= 15 is 0 Å². The van der Waals surface area contributed by atoms with Crippen molar-refractivity contribution in [1.82, 2.24) is 4.57 Å². The van der Waals surface area contributed by atoms with Gasteiger partial charge < -0.3 is 9.47 Å². The molecule has 0 aliphatic heterocycles. The number of anilines is 3. The number of aromatic nitrogens is 1. The van der Waals surface area contributed by atoms with E-state index in [2.05, 4.69) is 205 Å². The second-order valence-corrected chi connectivity index (χ2v) is 14.9. The first-order valence-corrected chi connectivity index (χ1v) is 18.5. The third-order valence-electron chi connectivity index (χ3n) is 11.7. The zero-order valence-corrected chi connectivity index (χ0v) is 29.7. The summed E-state index contributed by atoms with van der Waals surface area (Å²) in [6.45, 7) is 4.74. The van der Waals surface area contributed by atoms with Crippen LogP contribution < -0.4 is 4.90 Å². The summed E-state index contributed by atoms with van der Waals surface area (Å²) in [5, 5.41) is 10.2. The predicted molar refractivity (Wildman–Crippen MR) is 226 cm³/mol. The van der Waals surface area contributed by atoms with Crippen LogP contribution in [0.4, 0.5) is 17.1 Å². The molecule has 0 saturated heterocycles. The van der Waals surface area contributed by atoms with Crippen molar-refractivity contribution in [3.63, 3.8) is 0 Å². The molecule has 9 aromatic carbocycles. The van der Waals surface area contributed by atoms with Crippen molar-refractivity contribution in [3.8, 4) is 16.8 Å². The van der Waals surface area contributed by atoms with Crippen LogP contribution in [0.5, 0.6) is 0 Å². The number of nitrogens with zero attached hydrogens (tertiary/aromatic N) is 2. The van der Waals surface area contributed by atoms with Crippen molar-refractivity contribution >= 4 is 71.2 Å². The average Bonchev–Trinajstić information content (AvgIpc) is 3.67. The van der Waals surface area contributed by atoms with Gasteiger partial charge in [-0.1, -0.05) is 147 Å². The van der Waals surface area contributed by atoms with Crippen LogP contribution in [0.25, 0.3) is 70.9 Å². The van der Waals surface area contributed by atoms with E-state index in [1.54, 1.807) is 0 Å². The van der Waals surface area contributed by atoms with E-state index in [0.717, 1.165) is 22.7 Å². The molecule has 250 valence electrons. The van der Waals surface area contributed by atoms with Crippen LogP contribution in [-0.2, 0) is 5.41 Å². The number of fused-ring (bicyclic) bond motifs is 12. The minimum Gasteiger partial charge on any atom is -0.308 e. The van der Waals surface area contributed by atoms with Gasteiger partial charge in [-0.15, -0.1) is 0 Å². The Bertz CT molecular complexity index is 3080. The van der Waals surface area contributed by atoms with Crippen molar-refractivity contribution in [2.75, 3.05) is 4.90 Å². The first kappa shape index (κ1) is 30.0. The Labute approximate surface area is 308 Å². The molecule has 0 unspecified atom stereocenters. The molecule has 1 heterocycles. The summed E-state index contributed by atoms with van der Waals surface area (Å²) in [6.07, 6.45) is 0. The Morgan fingerprint density at radius 1 is 0.453 bits per heavy atom. The van der Waals surface area contributed by atoms with Crippen LogP contribution >= 0.6 is 0 Å². The SMILES string of the molecule is CC1(C)c2ccccc2-c2c1ccc1ccc3ccc4cc(N(c5ccccc5)c5cccc6c7ccccc7n(-c7ccccc7)c56)ccc4c3c21. The fourth-order valence-corrected chi connectivity index (χ4v) is 9.32. The zero-order valence-electron chi connectivity index (χ0n) is 29.7. The molecular formula is C51H36N2. The highest BCUT2D eigenvalue weighted by Crippen LogP contribution is 2.53. The molecule has 0 atom stereocenters. The lowest BCUT2D eigenvalue weighted by Crippen LogP contribution is -2.14. The van der Waals surface area contributed by atoms with E-state index in [4.69, 9.17) is 0 Å². The molecule has 0 amide bonds. The van der Waals surface area contributed by atoms with Gasteiger partial charge >= 0.3 is 0 Å². The summed E-state index contributed by atoms with van der Waals surface area (Å²) in [5.74, 6) is 0. The van der Waals surface area contributed by atoms with Gasteiger partial charge in [0.1, 0.15) is 0 Å². The summed E-state index contributed by atoms with van der Waals surface area (Å²) in [7, 11) is 0. The van der Waals surface area contributed by atoms with Crippen LogP contribution in [-0.4, -0.2) is 4.57 Å². The maximum absolute atomic E-state index is 2.43. The molecule has 0 fully saturated rings. The molecule has 0 saturated carbocycles. The summed E-state index contributed by atoms with van der Waals surface area (Å²) >= 11 is 0. The van der Waals surface area contributed by atoms with Crippen LogP contribution in [0.3, 0.4) is 0 Å². The maximum atomic E-state index is 2.43. The summed E-state index contributed by atoms with van der Waals surface area (Å²) < 4.78 is 2.43. The van der Waals surface area contributed by atoms with Gasteiger partial charge in [0, 0.05) is 33.2 Å². The van der Waals surface area contributed by atoms with Gasteiger partial charge in [-0.2, -0.15) is 0 Å². The van der Waals surface area contributed by atoms with Crippen molar-refractivity contribution in [3.05, 3.63) is 193 Å². The second kappa shape index (κ2) is 11.2. The van der Waals surface area contributed by atoms with Crippen molar-refractivity contribution in [2.45, 2.75) is 19.3 Å². The molecule has 2 heteroatoms. The summed E-state index contributed by atoms with van der Waals surface area (Å²) in [6, 6.07) is 67.0. The van der Waals surface area contributed by atoms with E-state index in [0.29, 0.717) is 0 Å². The number of rotatable bonds is 4. The normalized spacial score (nSPS) is 13.2. The lowest BCUT2D eigenvalue weighted by molar-refractivity contribution is 0.661. The highest BCUT2D eigenvalue weighted by atomic mass is 15.2. The number of hydrogen-bond acceptors (Lipinski definition) is 1. The monoisotopic (exact) mass is 676 g/mol. The molecule has 11 rings (SSSR count). The molecule has 53 heavy (non-hydrogen) atoms. The average molecular weight is 677 g/mol. The highest BCUT2D eigenvalue weighted by Gasteiger charge is 2.36. The minimum absolute atomic E-state index is 0.0561. The van der Waals surface area contributed by atoms with E-state index in [9.17, 15) is 0 Å². The number of para-hydroxylation sites is 4. The van der Waals surface area contributed by atoms with Gasteiger partial charge in [-0.05, 0) is 103 Å². The molecule has 2 nitrogen and oxygen atoms in total. The maximum Gasteiger partial charge on any atom is 0.0782 e. The first-order valence-electron chi connectivity index (χ1n) is 18.5. The van der Waals surface area contributed by atoms with Gasteiger partial charge in [0.05, 0.1) is 16.7 Å². The molecule has 0 spiro atoms. The van der Waals surface area contributed by atoms with Gasteiger partial charge in [-0.3, -0.25) is 0 Å². The zero-order chi connectivity index (χ0) is 35.3. The lowest BCUT2D eigenvalue weighted by Gasteiger charge is -2.27. The lowest BCUT2D eigenvalue weighted by atomic mass is 9.81. The molecular weight excluding hydrogens is 641 g/mol. The van der Waals surface area contributed by atoms with Crippen LogP contribution in [0, 0.1) is 0 Å². The Morgan fingerprint density at radius 2 is 1.11 bits per heavy atom. The smallest absolute Gasteiger partial charge is 0.0782 e. The van der Waals surface area contributed by atoms with Crippen molar-refractivity contribution < 1.29 is 0 Å². The molecule has 10 aromatic rings. The van der Waals surface area contributed by atoms with Crippen LogP contribution in [0.15, 0.2) is 182 Å². The highest BCUT2D eigenvalue weighted by molar-refractivity contribution is 6.25. The predicted octanol–water partition coefficient (Wildman–Crippen LogP) is 14.0. The Hall–Kier alpha value is -6.64. The molecule has 1 aliphatic rings. The largest absolute Gasteiger partial charge is 0.308 e. The topological polar surface area (TPSA) is 8.17 Å². The van der Waals surface area contributed by atoms with E-state index in [1.807, 2.05) is 0 Å². The Morgan fingerprint density at radius 3 is 1.94 bits per heavy atom. The quantitative estimate of drug-likeness (QED) is 0.168. The number of hydrogen-bond donors (Lipinski definition) is 0. The fourth-order valence-electron chi connectivity index (χ4n) is 9.32. The molecule has 0 radical (unpaired) electrons. The van der Waals surface area contributed by atoms with Crippen molar-refractivity contribution in [2.24, 2.45) is 0 Å². The van der Waals surface area contributed by atoms with Crippen molar-refractivity contribution in [1.29, 1.82) is 0 Å². The minimum atomic E-state index is -0.0561. The van der Waals surface area contributed by atoms with Crippen LogP contribution in [0.2, 0.25) is 0 Å². The first-order chi connectivity index (χ1) is 26.1. The molecule has 1 aromatic heterocycles. The Kier molecular flexibility index (Phi) is 6.33. The van der Waals surface area contributed by atoms with Gasteiger partial charge in [0.2, 0.25) is 0 Å². The van der Waals surface area contributed by atoms with Crippen LogP contribution in [0.1, 0.15) is 25.0 Å². The van der Waals surface area contributed by atoms with E-state index in [-0.39, 0.29) is 5.41 Å². The van der Waals surface area contributed by atoms with Gasteiger partial charge in [-0.25, -0.2) is 0 Å². The van der Waals surface area contributed by atoms with Gasteiger partial charge in [0.25, 0.3) is 0 Å². The van der Waals surface area contributed by atoms with Gasteiger partial charge in [0.15, 0.2) is 0 Å². The van der Waals surface area contributed by atoms with E-state index < -0.39 is 0 Å². The second-order valence-electron chi connectivity index (χ2n) is 14.9. The number of benzene rings is 9. The molecule has 0 N–H and O–H groups in total. The molecule has 0 bridgehead atoms. The summed E-state index contributed by atoms with van der Waals surface area (Å²) in [5.41, 5.74) is 12.4.